The van der Waals surface area contributed by atoms with Crippen molar-refractivity contribution in [3.63, 3.8) is 0 Å². The number of carbonyl (C=O) groups excluding carboxylic acids is 2. The van der Waals surface area contributed by atoms with Gasteiger partial charge in [-0.25, -0.2) is 0 Å². The minimum absolute atomic E-state index is 0.0171. The molecule has 5 heteroatoms. The number of fused-ring (bicyclic) bond motifs is 1. The Kier molecular flexibility index (Phi) is 6.75. The number of hydrogen-bond donors (Lipinski definition) is 2. The molecule has 1 atom stereocenters. The van der Waals surface area contributed by atoms with Crippen molar-refractivity contribution < 1.29 is 14.3 Å². The summed E-state index contributed by atoms with van der Waals surface area (Å²) in [6, 6.07) is 5.69. The third-order valence-electron chi connectivity index (χ3n) is 5.50. The van der Waals surface area contributed by atoms with Crippen LogP contribution in [0.4, 0.5) is 5.69 Å². The van der Waals surface area contributed by atoms with Gasteiger partial charge in [-0.3, -0.25) is 9.59 Å². The monoisotopic (exact) mass is 372 g/mol. The molecule has 0 aromatic heterocycles. The third kappa shape index (κ3) is 5.72. The summed E-state index contributed by atoms with van der Waals surface area (Å²) < 4.78 is 5.80. The Hall–Kier alpha value is -2.04. The topological polar surface area (TPSA) is 67.4 Å². The molecule has 0 radical (unpaired) electrons. The lowest BCUT2D eigenvalue weighted by atomic mass is 9.89. The predicted molar refractivity (Wildman–Crippen MR) is 107 cm³/mol. The molecule has 1 aromatic rings. The summed E-state index contributed by atoms with van der Waals surface area (Å²) in [5.41, 5.74) is 1.76. The van der Waals surface area contributed by atoms with Crippen LogP contribution in [0.2, 0.25) is 0 Å². The van der Waals surface area contributed by atoms with Crippen molar-refractivity contribution in [1.29, 1.82) is 0 Å². The summed E-state index contributed by atoms with van der Waals surface area (Å²) in [5.74, 6) is 1.70. The first kappa shape index (κ1) is 19.7. The van der Waals surface area contributed by atoms with Crippen molar-refractivity contribution in [3.05, 3.63) is 23.8 Å². The van der Waals surface area contributed by atoms with Crippen LogP contribution >= 0.6 is 0 Å². The molecule has 1 saturated carbocycles. The van der Waals surface area contributed by atoms with Crippen molar-refractivity contribution in [2.45, 2.75) is 58.8 Å². The van der Waals surface area contributed by atoms with Gasteiger partial charge in [0.25, 0.3) is 0 Å². The SMILES string of the molecule is CC(C)CC(=O)Nc1ccc2c(c1)C[C@H](C(=O)NCC1CCCCC1)CO2. The van der Waals surface area contributed by atoms with Gasteiger partial charge in [-0.1, -0.05) is 33.1 Å². The first-order valence-electron chi connectivity index (χ1n) is 10.3. The Bertz CT molecular complexity index is 666. The maximum absolute atomic E-state index is 12.6. The van der Waals surface area contributed by atoms with Crippen LogP contribution in [-0.4, -0.2) is 25.0 Å². The van der Waals surface area contributed by atoms with E-state index in [1.165, 1.54) is 32.1 Å². The number of nitrogens with one attached hydrogen (secondary N) is 2. The number of ether oxygens (including phenoxy) is 1. The minimum Gasteiger partial charge on any atom is -0.492 e. The zero-order chi connectivity index (χ0) is 19.2. The van der Waals surface area contributed by atoms with E-state index in [1.807, 2.05) is 32.0 Å². The number of hydrogen-bond acceptors (Lipinski definition) is 3. The molecule has 2 aliphatic rings. The second-order valence-corrected chi connectivity index (χ2v) is 8.43. The van der Waals surface area contributed by atoms with E-state index < -0.39 is 0 Å². The van der Waals surface area contributed by atoms with Crippen LogP contribution in [-0.2, 0) is 16.0 Å². The second-order valence-electron chi connectivity index (χ2n) is 8.43. The zero-order valence-electron chi connectivity index (χ0n) is 16.6. The van der Waals surface area contributed by atoms with Gasteiger partial charge in [-0.05, 0) is 54.9 Å². The molecule has 0 spiro atoms. The summed E-state index contributed by atoms with van der Waals surface area (Å²) in [4.78, 5) is 24.6. The smallest absolute Gasteiger partial charge is 0.226 e. The van der Waals surface area contributed by atoms with Crippen molar-refractivity contribution >= 4 is 17.5 Å². The highest BCUT2D eigenvalue weighted by atomic mass is 16.5. The van der Waals surface area contributed by atoms with E-state index in [-0.39, 0.29) is 17.7 Å². The average Bonchev–Trinajstić information content (AvgIpc) is 2.65. The van der Waals surface area contributed by atoms with Gasteiger partial charge >= 0.3 is 0 Å². The molecular formula is C22H32N2O3. The Balaban J connectivity index is 1.55. The van der Waals surface area contributed by atoms with Gasteiger partial charge < -0.3 is 15.4 Å². The molecule has 2 N–H and O–H groups in total. The lowest BCUT2D eigenvalue weighted by Gasteiger charge is -2.27. The lowest BCUT2D eigenvalue weighted by Crippen LogP contribution is -2.39. The summed E-state index contributed by atoms with van der Waals surface area (Å²) in [6.07, 6.45) is 7.50. The van der Waals surface area contributed by atoms with E-state index in [4.69, 9.17) is 4.74 Å². The largest absolute Gasteiger partial charge is 0.492 e. The predicted octanol–water partition coefficient (Wildman–Crippen LogP) is 3.92. The average molecular weight is 373 g/mol. The fourth-order valence-electron chi connectivity index (χ4n) is 4.00. The molecule has 1 heterocycles. The van der Waals surface area contributed by atoms with Crippen LogP contribution in [0.1, 0.15) is 57.9 Å². The van der Waals surface area contributed by atoms with Gasteiger partial charge in [0.15, 0.2) is 0 Å². The first-order valence-corrected chi connectivity index (χ1v) is 10.3. The normalized spacial score (nSPS) is 19.9. The third-order valence-corrected chi connectivity index (χ3v) is 5.50. The maximum Gasteiger partial charge on any atom is 0.226 e. The van der Waals surface area contributed by atoms with E-state index in [0.29, 0.717) is 31.3 Å². The van der Waals surface area contributed by atoms with E-state index >= 15 is 0 Å². The molecule has 5 nitrogen and oxygen atoms in total. The van der Waals surface area contributed by atoms with Crippen LogP contribution < -0.4 is 15.4 Å². The zero-order valence-corrected chi connectivity index (χ0v) is 16.6. The van der Waals surface area contributed by atoms with Crippen LogP contribution in [0, 0.1) is 17.8 Å². The molecule has 27 heavy (non-hydrogen) atoms. The summed E-state index contributed by atoms with van der Waals surface area (Å²) in [6.45, 7) is 5.25. The van der Waals surface area contributed by atoms with Crippen LogP contribution in [0.25, 0.3) is 0 Å². The molecule has 3 rings (SSSR count). The van der Waals surface area contributed by atoms with Gasteiger partial charge in [0.2, 0.25) is 11.8 Å². The second kappa shape index (κ2) is 9.25. The van der Waals surface area contributed by atoms with Gasteiger partial charge in [-0.15, -0.1) is 0 Å². The number of benzene rings is 1. The summed E-state index contributed by atoms with van der Waals surface area (Å²) in [5, 5.41) is 6.07. The minimum atomic E-state index is -0.164. The molecule has 1 fully saturated rings. The van der Waals surface area contributed by atoms with Crippen LogP contribution in [0.5, 0.6) is 5.75 Å². The van der Waals surface area contributed by atoms with E-state index in [0.717, 1.165) is 23.5 Å². The Morgan fingerprint density at radius 3 is 2.70 bits per heavy atom. The number of carbonyl (C=O) groups is 2. The highest BCUT2D eigenvalue weighted by Gasteiger charge is 2.27. The lowest BCUT2D eigenvalue weighted by molar-refractivity contribution is -0.126. The quantitative estimate of drug-likeness (QED) is 0.795. The van der Waals surface area contributed by atoms with E-state index in [9.17, 15) is 9.59 Å². The molecular weight excluding hydrogens is 340 g/mol. The van der Waals surface area contributed by atoms with Crippen molar-refractivity contribution in [2.24, 2.45) is 17.8 Å². The van der Waals surface area contributed by atoms with Gasteiger partial charge in [0, 0.05) is 18.7 Å². The highest BCUT2D eigenvalue weighted by Crippen LogP contribution is 2.30. The van der Waals surface area contributed by atoms with Crippen molar-refractivity contribution in [2.75, 3.05) is 18.5 Å². The maximum atomic E-state index is 12.6. The molecule has 0 unspecified atom stereocenters. The molecule has 2 amide bonds. The van der Waals surface area contributed by atoms with Gasteiger partial charge in [0.05, 0.1) is 5.92 Å². The molecule has 1 aliphatic carbocycles. The van der Waals surface area contributed by atoms with Crippen molar-refractivity contribution in [1.82, 2.24) is 5.32 Å². The van der Waals surface area contributed by atoms with Gasteiger partial charge in [-0.2, -0.15) is 0 Å². The molecule has 0 bridgehead atoms. The fourth-order valence-corrected chi connectivity index (χ4v) is 4.00. The molecule has 1 aliphatic heterocycles. The van der Waals surface area contributed by atoms with E-state index in [2.05, 4.69) is 10.6 Å². The first-order chi connectivity index (χ1) is 13.0. The molecule has 1 aromatic carbocycles. The Morgan fingerprint density at radius 2 is 1.96 bits per heavy atom. The standard InChI is InChI=1S/C22H32N2O3/c1-15(2)10-21(25)24-19-8-9-20-17(12-19)11-18(14-27-20)22(26)23-13-16-6-4-3-5-7-16/h8-9,12,15-16,18H,3-7,10-11,13-14H2,1-2H3,(H,23,26)(H,24,25)/t18-/m0/s1. The number of amides is 2. The van der Waals surface area contributed by atoms with Crippen LogP contribution in [0.15, 0.2) is 18.2 Å². The number of anilines is 1. The Morgan fingerprint density at radius 1 is 1.19 bits per heavy atom. The summed E-state index contributed by atoms with van der Waals surface area (Å²) in [7, 11) is 0. The Labute approximate surface area is 162 Å². The summed E-state index contributed by atoms with van der Waals surface area (Å²) >= 11 is 0. The van der Waals surface area contributed by atoms with E-state index in [1.54, 1.807) is 0 Å². The van der Waals surface area contributed by atoms with Crippen LogP contribution in [0.3, 0.4) is 0 Å². The highest BCUT2D eigenvalue weighted by molar-refractivity contribution is 5.91. The fraction of sp³-hybridized carbons (Fsp3) is 0.636. The van der Waals surface area contributed by atoms with Crippen molar-refractivity contribution in [3.8, 4) is 5.75 Å². The molecule has 148 valence electrons. The molecule has 0 saturated heterocycles. The van der Waals surface area contributed by atoms with Gasteiger partial charge in [0.1, 0.15) is 12.4 Å². The number of rotatable bonds is 6.